The minimum absolute atomic E-state index is 0.457. The topological polar surface area (TPSA) is 62.8 Å². The molecule has 2 aromatic rings. The van der Waals surface area contributed by atoms with Crippen molar-refractivity contribution in [3.63, 3.8) is 0 Å². The lowest BCUT2D eigenvalue weighted by Gasteiger charge is -2.36. The van der Waals surface area contributed by atoms with E-state index in [1.807, 2.05) is 44.2 Å². The Labute approximate surface area is 160 Å². The van der Waals surface area contributed by atoms with Gasteiger partial charge >= 0.3 is 0 Å². The monoisotopic (exact) mass is 369 g/mol. The Hall–Kier alpha value is -2.54. The van der Waals surface area contributed by atoms with Gasteiger partial charge in [-0.15, -0.1) is 0 Å². The van der Waals surface area contributed by atoms with Gasteiger partial charge in [0.15, 0.2) is 17.1 Å². The van der Waals surface area contributed by atoms with Crippen LogP contribution in [0.3, 0.4) is 0 Å². The summed E-state index contributed by atoms with van der Waals surface area (Å²) in [5.41, 5.74) is -0.457. The van der Waals surface area contributed by atoms with E-state index in [1.165, 1.54) is 0 Å². The molecule has 1 N–H and O–H groups in total. The Morgan fingerprint density at radius 1 is 1.11 bits per heavy atom. The van der Waals surface area contributed by atoms with E-state index < -0.39 is 5.60 Å². The lowest BCUT2D eigenvalue weighted by Crippen LogP contribution is -2.47. The molecule has 4 rings (SSSR count). The molecule has 0 aliphatic carbocycles. The number of aromatic nitrogens is 2. The smallest absolute Gasteiger partial charge is 0.162 e. The number of hydrogen-bond acceptors (Lipinski definition) is 7. The molecule has 144 valence electrons. The van der Waals surface area contributed by atoms with Gasteiger partial charge in [0.2, 0.25) is 0 Å². The molecule has 7 heteroatoms. The molecule has 1 unspecified atom stereocenters. The second-order valence-electron chi connectivity index (χ2n) is 7.59. The van der Waals surface area contributed by atoms with E-state index in [0.29, 0.717) is 13.2 Å². The van der Waals surface area contributed by atoms with Crippen LogP contribution in [0.25, 0.3) is 0 Å². The van der Waals surface area contributed by atoms with Crippen molar-refractivity contribution in [2.45, 2.75) is 19.4 Å². The Kier molecular flexibility index (Phi) is 4.78. The van der Waals surface area contributed by atoms with Crippen LogP contribution in [0.15, 0.2) is 30.3 Å². The molecule has 2 aliphatic heterocycles. The van der Waals surface area contributed by atoms with Crippen molar-refractivity contribution in [1.82, 2.24) is 14.9 Å². The molecule has 0 radical (unpaired) electrons. The second-order valence-corrected chi connectivity index (χ2v) is 7.59. The zero-order valence-electron chi connectivity index (χ0n) is 16.2. The predicted octanol–water partition coefficient (Wildman–Crippen LogP) is 2.18. The average molecular weight is 369 g/mol. The van der Waals surface area contributed by atoms with Crippen LogP contribution in [0.1, 0.15) is 12.7 Å². The van der Waals surface area contributed by atoms with Crippen molar-refractivity contribution < 1.29 is 9.47 Å². The van der Waals surface area contributed by atoms with Crippen molar-refractivity contribution in [1.29, 1.82) is 0 Å². The van der Waals surface area contributed by atoms with E-state index in [1.54, 1.807) is 0 Å². The molecule has 1 saturated heterocycles. The van der Waals surface area contributed by atoms with Crippen molar-refractivity contribution in [2.24, 2.45) is 0 Å². The van der Waals surface area contributed by atoms with Gasteiger partial charge in [-0.2, -0.15) is 0 Å². The highest BCUT2D eigenvalue weighted by Gasteiger charge is 2.33. The number of piperazine rings is 1. The normalized spacial score (nSPS) is 22.6. The lowest BCUT2D eigenvalue weighted by atomic mass is 10.1. The molecule has 27 heavy (non-hydrogen) atoms. The third kappa shape index (κ3) is 4.08. The molecule has 1 aromatic heterocycles. The van der Waals surface area contributed by atoms with Gasteiger partial charge in [0.25, 0.3) is 0 Å². The van der Waals surface area contributed by atoms with Gasteiger partial charge < -0.3 is 24.6 Å². The minimum Gasteiger partial charge on any atom is -0.485 e. The predicted molar refractivity (Wildman–Crippen MR) is 106 cm³/mol. The molecule has 1 atom stereocenters. The van der Waals surface area contributed by atoms with Crippen molar-refractivity contribution in [2.75, 3.05) is 56.6 Å². The number of hydrogen-bond donors (Lipinski definition) is 1. The summed E-state index contributed by atoms with van der Waals surface area (Å²) in [4.78, 5) is 13.8. The van der Waals surface area contributed by atoms with Gasteiger partial charge in [-0.3, -0.25) is 0 Å². The number of para-hydroxylation sites is 2. The number of benzene rings is 1. The number of aryl methyl sites for hydroxylation is 1. The standard InChI is InChI=1S/C20H27N5O2/c1-15-22-18(12-19(23-15)25-10-8-24(3)9-11-25)21-13-20(2)14-26-16-6-4-5-7-17(16)27-20/h4-7,12H,8-11,13-14H2,1-3H3,(H,21,22,23). The molecular formula is C20H27N5O2. The molecule has 2 aliphatic rings. The van der Waals surface area contributed by atoms with Crippen LogP contribution < -0.4 is 19.7 Å². The van der Waals surface area contributed by atoms with Crippen LogP contribution in [0.5, 0.6) is 11.5 Å². The highest BCUT2D eigenvalue weighted by atomic mass is 16.6. The van der Waals surface area contributed by atoms with E-state index >= 15 is 0 Å². The first-order valence-electron chi connectivity index (χ1n) is 9.45. The van der Waals surface area contributed by atoms with Crippen LogP contribution in [-0.4, -0.2) is 66.8 Å². The van der Waals surface area contributed by atoms with Crippen molar-refractivity contribution in [3.8, 4) is 11.5 Å². The maximum Gasteiger partial charge on any atom is 0.162 e. The fourth-order valence-electron chi connectivity index (χ4n) is 3.38. The second kappa shape index (κ2) is 7.23. The van der Waals surface area contributed by atoms with E-state index in [2.05, 4.69) is 32.1 Å². The van der Waals surface area contributed by atoms with Gasteiger partial charge in [-0.1, -0.05) is 12.1 Å². The summed E-state index contributed by atoms with van der Waals surface area (Å²) in [5.74, 6) is 4.15. The van der Waals surface area contributed by atoms with Crippen LogP contribution in [0, 0.1) is 6.92 Å². The summed E-state index contributed by atoms with van der Waals surface area (Å²) in [6, 6.07) is 9.80. The Morgan fingerprint density at radius 3 is 2.63 bits per heavy atom. The number of rotatable bonds is 4. The number of fused-ring (bicyclic) bond motifs is 1. The number of nitrogens with one attached hydrogen (secondary N) is 1. The van der Waals surface area contributed by atoms with Crippen LogP contribution in [-0.2, 0) is 0 Å². The average Bonchev–Trinajstić information content (AvgIpc) is 2.66. The molecule has 0 bridgehead atoms. The van der Waals surface area contributed by atoms with Gasteiger partial charge in [0.1, 0.15) is 24.1 Å². The van der Waals surface area contributed by atoms with Crippen LogP contribution in [0.4, 0.5) is 11.6 Å². The largest absolute Gasteiger partial charge is 0.485 e. The number of likely N-dealkylation sites (N-methyl/N-ethyl adjacent to an activating group) is 1. The molecule has 1 fully saturated rings. The summed E-state index contributed by atoms with van der Waals surface area (Å²) in [5, 5.41) is 3.42. The number of nitrogens with zero attached hydrogens (tertiary/aromatic N) is 4. The van der Waals surface area contributed by atoms with Gasteiger partial charge in [0, 0.05) is 32.2 Å². The van der Waals surface area contributed by atoms with Gasteiger partial charge in [0.05, 0.1) is 6.54 Å². The molecule has 0 amide bonds. The molecule has 0 saturated carbocycles. The third-order valence-corrected chi connectivity index (χ3v) is 5.03. The maximum absolute atomic E-state index is 6.18. The van der Waals surface area contributed by atoms with Crippen LogP contribution in [0.2, 0.25) is 0 Å². The lowest BCUT2D eigenvalue weighted by molar-refractivity contribution is 0.0166. The molecule has 7 nitrogen and oxygen atoms in total. The summed E-state index contributed by atoms with van der Waals surface area (Å²) in [7, 11) is 2.15. The first-order valence-corrected chi connectivity index (χ1v) is 9.45. The summed E-state index contributed by atoms with van der Waals surface area (Å²) in [6.45, 7) is 9.14. The fraction of sp³-hybridized carbons (Fsp3) is 0.500. The third-order valence-electron chi connectivity index (χ3n) is 5.03. The Morgan fingerprint density at radius 2 is 1.85 bits per heavy atom. The van der Waals surface area contributed by atoms with Crippen molar-refractivity contribution >= 4 is 11.6 Å². The molecule has 3 heterocycles. The van der Waals surface area contributed by atoms with Crippen LogP contribution >= 0.6 is 0 Å². The SMILES string of the molecule is Cc1nc(NCC2(C)COc3ccccc3O2)cc(N2CCN(C)CC2)n1. The van der Waals surface area contributed by atoms with Crippen molar-refractivity contribution in [3.05, 3.63) is 36.2 Å². The Balaban J connectivity index is 1.44. The van der Waals surface area contributed by atoms with E-state index in [-0.39, 0.29) is 0 Å². The zero-order chi connectivity index (χ0) is 18.9. The maximum atomic E-state index is 6.18. The number of anilines is 2. The summed E-state index contributed by atoms with van der Waals surface area (Å²) >= 11 is 0. The van der Waals surface area contributed by atoms with Gasteiger partial charge in [-0.25, -0.2) is 9.97 Å². The van der Waals surface area contributed by atoms with Gasteiger partial charge in [-0.05, 0) is 33.0 Å². The summed E-state index contributed by atoms with van der Waals surface area (Å²) in [6.07, 6.45) is 0. The Bertz CT molecular complexity index is 807. The highest BCUT2D eigenvalue weighted by Crippen LogP contribution is 2.34. The fourth-order valence-corrected chi connectivity index (χ4v) is 3.38. The number of ether oxygens (including phenoxy) is 2. The quantitative estimate of drug-likeness (QED) is 0.886. The van der Waals surface area contributed by atoms with E-state index in [9.17, 15) is 0 Å². The minimum atomic E-state index is -0.457. The molecular weight excluding hydrogens is 342 g/mol. The molecule has 1 aromatic carbocycles. The first kappa shape index (κ1) is 17.9. The van der Waals surface area contributed by atoms with E-state index in [4.69, 9.17) is 9.47 Å². The zero-order valence-corrected chi connectivity index (χ0v) is 16.2. The summed E-state index contributed by atoms with van der Waals surface area (Å²) < 4.78 is 12.1. The van der Waals surface area contributed by atoms with E-state index in [0.717, 1.165) is 55.1 Å². The highest BCUT2D eigenvalue weighted by molar-refractivity contribution is 5.50. The molecule has 0 spiro atoms. The first-order chi connectivity index (χ1) is 13.0.